The van der Waals surface area contributed by atoms with E-state index in [4.69, 9.17) is 10.8 Å². The van der Waals surface area contributed by atoms with E-state index < -0.39 is 0 Å². The molecule has 0 aliphatic carbocycles. The monoisotopic (exact) mass is 118 g/mol. The molecular formula is C5H14N2O. The summed E-state index contributed by atoms with van der Waals surface area (Å²) in [4.78, 5) is 0. The molecule has 0 radical (unpaired) electrons. The van der Waals surface area contributed by atoms with Crippen molar-refractivity contribution >= 4 is 0 Å². The van der Waals surface area contributed by atoms with E-state index in [2.05, 4.69) is 5.32 Å². The maximum absolute atomic E-state index is 8.29. The molecule has 0 aromatic carbocycles. The minimum atomic E-state index is -0.0833. The Kier molecular flexibility index (Phi) is 3.77. The maximum Gasteiger partial charge on any atom is 0.0943 e. The summed E-state index contributed by atoms with van der Waals surface area (Å²) in [7, 11) is 0. The van der Waals surface area contributed by atoms with E-state index in [1.807, 2.05) is 13.8 Å². The first kappa shape index (κ1) is 7.88. The second kappa shape index (κ2) is 3.83. The average Bonchev–Trinajstić information content (AvgIpc) is 1.67. The first-order valence-electron chi connectivity index (χ1n) is 2.78. The summed E-state index contributed by atoms with van der Waals surface area (Å²) in [6.45, 7) is 3.94. The lowest BCUT2D eigenvalue weighted by Gasteiger charge is -2.14. The van der Waals surface area contributed by atoms with Crippen molar-refractivity contribution in [2.75, 3.05) is 6.73 Å². The smallest absolute Gasteiger partial charge is 0.0943 e. The summed E-state index contributed by atoms with van der Waals surface area (Å²) in [5.41, 5.74) is 5.46. The standard InChI is InChI=1S/C5H14N2O/c1-4(2)5(6)7-3-8/h4-5,7-8H,3,6H2,1-2H3. The quantitative estimate of drug-likeness (QED) is 0.436. The summed E-state index contributed by atoms with van der Waals surface area (Å²) in [5, 5.41) is 11.0. The van der Waals surface area contributed by atoms with Crippen molar-refractivity contribution in [3.63, 3.8) is 0 Å². The lowest BCUT2D eigenvalue weighted by Crippen LogP contribution is -2.41. The highest BCUT2D eigenvalue weighted by atomic mass is 16.3. The average molecular weight is 118 g/mol. The van der Waals surface area contributed by atoms with Crippen LogP contribution in [0.25, 0.3) is 0 Å². The van der Waals surface area contributed by atoms with E-state index >= 15 is 0 Å². The van der Waals surface area contributed by atoms with Crippen molar-refractivity contribution in [1.29, 1.82) is 0 Å². The van der Waals surface area contributed by atoms with Gasteiger partial charge in [0.1, 0.15) is 0 Å². The molecule has 1 atom stereocenters. The lowest BCUT2D eigenvalue weighted by atomic mass is 10.2. The van der Waals surface area contributed by atoms with Crippen LogP contribution >= 0.6 is 0 Å². The van der Waals surface area contributed by atoms with Crippen molar-refractivity contribution < 1.29 is 5.11 Å². The third-order valence-corrected chi connectivity index (χ3v) is 1.05. The van der Waals surface area contributed by atoms with Gasteiger partial charge in [-0.2, -0.15) is 0 Å². The summed E-state index contributed by atoms with van der Waals surface area (Å²) in [6, 6.07) is 0. The number of hydrogen-bond acceptors (Lipinski definition) is 3. The van der Waals surface area contributed by atoms with Crippen molar-refractivity contribution in [3.05, 3.63) is 0 Å². The molecule has 0 heterocycles. The first-order valence-corrected chi connectivity index (χ1v) is 2.78. The van der Waals surface area contributed by atoms with Gasteiger partial charge in [0.25, 0.3) is 0 Å². The topological polar surface area (TPSA) is 58.3 Å². The zero-order chi connectivity index (χ0) is 6.57. The fraction of sp³-hybridized carbons (Fsp3) is 1.00. The molecule has 0 amide bonds. The number of nitrogens with two attached hydrogens (primary N) is 1. The Morgan fingerprint density at radius 3 is 2.25 bits per heavy atom. The van der Waals surface area contributed by atoms with E-state index in [0.29, 0.717) is 5.92 Å². The Balaban J connectivity index is 3.17. The Labute approximate surface area is 49.9 Å². The van der Waals surface area contributed by atoms with Crippen LogP contribution in [-0.2, 0) is 0 Å². The van der Waals surface area contributed by atoms with E-state index in [9.17, 15) is 0 Å². The van der Waals surface area contributed by atoms with E-state index in [-0.39, 0.29) is 12.9 Å². The molecule has 0 aliphatic rings. The molecule has 0 rings (SSSR count). The Morgan fingerprint density at radius 1 is 1.62 bits per heavy atom. The van der Waals surface area contributed by atoms with Crippen LogP contribution in [0.3, 0.4) is 0 Å². The summed E-state index contributed by atoms with van der Waals surface area (Å²) in [6.07, 6.45) is -0.0833. The number of aliphatic hydroxyl groups excluding tert-OH is 1. The SMILES string of the molecule is CC(C)C(N)NCO. The zero-order valence-electron chi connectivity index (χ0n) is 5.39. The lowest BCUT2D eigenvalue weighted by molar-refractivity contribution is 0.224. The third-order valence-electron chi connectivity index (χ3n) is 1.05. The van der Waals surface area contributed by atoms with E-state index in [0.717, 1.165) is 0 Å². The molecule has 0 aliphatic heterocycles. The fourth-order valence-electron chi connectivity index (χ4n) is 0.341. The van der Waals surface area contributed by atoms with Gasteiger partial charge in [-0.25, -0.2) is 0 Å². The van der Waals surface area contributed by atoms with Crippen LogP contribution in [0.5, 0.6) is 0 Å². The summed E-state index contributed by atoms with van der Waals surface area (Å²) in [5.74, 6) is 0.377. The van der Waals surface area contributed by atoms with Crippen LogP contribution in [0.2, 0.25) is 0 Å². The van der Waals surface area contributed by atoms with Crippen LogP contribution in [-0.4, -0.2) is 18.0 Å². The Morgan fingerprint density at radius 2 is 2.12 bits per heavy atom. The first-order chi connectivity index (χ1) is 3.68. The second-order valence-electron chi connectivity index (χ2n) is 2.13. The van der Waals surface area contributed by atoms with Crippen molar-refractivity contribution in [2.45, 2.75) is 20.0 Å². The minimum absolute atomic E-state index is 0.0423. The highest BCUT2D eigenvalue weighted by Crippen LogP contribution is 1.92. The molecule has 50 valence electrons. The molecule has 0 spiro atoms. The van der Waals surface area contributed by atoms with Crippen LogP contribution in [0.15, 0.2) is 0 Å². The maximum atomic E-state index is 8.29. The van der Waals surface area contributed by atoms with Gasteiger partial charge in [-0.3, -0.25) is 5.32 Å². The molecule has 0 bridgehead atoms. The molecule has 0 saturated heterocycles. The highest BCUT2D eigenvalue weighted by molar-refractivity contribution is 4.58. The van der Waals surface area contributed by atoms with Gasteiger partial charge in [0.05, 0.1) is 12.9 Å². The van der Waals surface area contributed by atoms with E-state index in [1.165, 1.54) is 0 Å². The largest absolute Gasteiger partial charge is 0.381 e. The molecule has 0 aromatic heterocycles. The summed E-state index contributed by atoms with van der Waals surface area (Å²) >= 11 is 0. The number of aliphatic hydroxyl groups is 1. The number of rotatable bonds is 3. The summed E-state index contributed by atoms with van der Waals surface area (Å²) < 4.78 is 0. The molecule has 4 N–H and O–H groups in total. The van der Waals surface area contributed by atoms with Gasteiger partial charge in [0.2, 0.25) is 0 Å². The van der Waals surface area contributed by atoms with Gasteiger partial charge in [0, 0.05) is 0 Å². The molecule has 8 heavy (non-hydrogen) atoms. The highest BCUT2D eigenvalue weighted by Gasteiger charge is 2.03. The zero-order valence-corrected chi connectivity index (χ0v) is 5.39. The molecular weight excluding hydrogens is 104 g/mol. The number of hydrogen-bond donors (Lipinski definition) is 3. The van der Waals surface area contributed by atoms with Gasteiger partial charge in [0.15, 0.2) is 0 Å². The molecule has 0 saturated carbocycles. The van der Waals surface area contributed by atoms with Crippen molar-refractivity contribution in [2.24, 2.45) is 11.7 Å². The normalized spacial score (nSPS) is 14.6. The van der Waals surface area contributed by atoms with Gasteiger partial charge in [-0.1, -0.05) is 13.8 Å². The Bertz CT molecular complexity index is 56.4. The van der Waals surface area contributed by atoms with E-state index in [1.54, 1.807) is 0 Å². The van der Waals surface area contributed by atoms with Crippen LogP contribution < -0.4 is 11.1 Å². The molecule has 3 heteroatoms. The van der Waals surface area contributed by atoms with Crippen LogP contribution in [0, 0.1) is 5.92 Å². The van der Waals surface area contributed by atoms with Gasteiger partial charge >= 0.3 is 0 Å². The van der Waals surface area contributed by atoms with Crippen LogP contribution in [0.4, 0.5) is 0 Å². The molecule has 0 fully saturated rings. The van der Waals surface area contributed by atoms with Gasteiger partial charge < -0.3 is 10.8 Å². The van der Waals surface area contributed by atoms with Crippen molar-refractivity contribution in [1.82, 2.24) is 5.32 Å². The molecule has 0 aromatic rings. The third kappa shape index (κ3) is 2.96. The molecule has 3 nitrogen and oxygen atoms in total. The van der Waals surface area contributed by atoms with Gasteiger partial charge in [-0.15, -0.1) is 0 Å². The van der Waals surface area contributed by atoms with Gasteiger partial charge in [-0.05, 0) is 5.92 Å². The predicted octanol–water partition coefficient (Wildman–Crippen LogP) is -0.533. The van der Waals surface area contributed by atoms with Crippen molar-refractivity contribution in [3.8, 4) is 0 Å². The molecule has 1 unspecified atom stereocenters. The predicted molar refractivity (Wildman–Crippen MR) is 33.0 cm³/mol. The number of nitrogens with one attached hydrogen (secondary N) is 1. The minimum Gasteiger partial charge on any atom is -0.381 e. The Hall–Kier alpha value is -0.120. The van der Waals surface area contributed by atoms with Crippen LogP contribution in [0.1, 0.15) is 13.8 Å². The fourth-order valence-corrected chi connectivity index (χ4v) is 0.341. The second-order valence-corrected chi connectivity index (χ2v) is 2.13.